The van der Waals surface area contributed by atoms with E-state index in [4.69, 9.17) is 14.2 Å². The van der Waals surface area contributed by atoms with Crippen molar-refractivity contribution in [1.29, 1.82) is 0 Å². The van der Waals surface area contributed by atoms with E-state index in [0.717, 1.165) is 12.8 Å². The van der Waals surface area contributed by atoms with Crippen LogP contribution >= 0.6 is 0 Å². The van der Waals surface area contributed by atoms with Gasteiger partial charge in [0, 0.05) is 25.1 Å². The van der Waals surface area contributed by atoms with E-state index in [2.05, 4.69) is 5.32 Å². The number of rotatable bonds is 6. The summed E-state index contributed by atoms with van der Waals surface area (Å²) in [6.45, 7) is 1.55. The summed E-state index contributed by atoms with van der Waals surface area (Å²) in [6, 6.07) is 5.75. The van der Waals surface area contributed by atoms with E-state index >= 15 is 0 Å². The Hall–Kier alpha value is -2.44. The number of benzene rings is 1. The van der Waals surface area contributed by atoms with Gasteiger partial charge < -0.3 is 24.4 Å². The molecule has 1 unspecified atom stereocenters. The van der Waals surface area contributed by atoms with Gasteiger partial charge in [-0.3, -0.25) is 9.59 Å². The first kappa shape index (κ1) is 15.1. The molecule has 1 aromatic carbocycles. The normalized spacial score (nSPS) is 21.9. The number of amides is 2. The van der Waals surface area contributed by atoms with Gasteiger partial charge in [0.15, 0.2) is 11.5 Å². The molecule has 24 heavy (non-hydrogen) atoms. The van der Waals surface area contributed by atoms with E-state index in [0.29, 0.717) is 49.4 Å². The average molecular weight is 332 g/mol. The third-order valence-electron chi connectivity index (χ3n) is 4.53. The van der Waals surface area contributed by atoms with E-state index in [1.165, 1.54) is 0 Å². The number of carbonyl (C=O) groups is 2. The van der Waals surface area contributed by atoms with E-state index in [9.17, 15) is 9.59 Å². The van der Waals surface area contributed by atoms with E-state index < -0.39 is 0 Å². The zero-order valence-electron chi connectivity index (χ0n) is 13.3. The predicted molar refractivity (Wildman–Crippen MR) is 83.9 cm³/mol. The van der Waals surface area contributed by atoms with Crippen molar-refractivity contribution in [3.8, 4) is 17.2 Å². The largest absolute Gasteiger partial charge is 0.492 e. The summed E-state index contributed by atoms with van der Waals surface area (Å²) in [5.41, 5.74) is 0. The quantitative estimate of drug-likeness (QED) is 0.784. The summed E-state index contributed by atoms with van der Waals surface area (Å²) in [7, 11) is 0. The minimum Gasteiger partial charge on any atom is -0.492 e. The Kier molecular flexibility index (Phi) is 3.92. The summed E-state index contributed by atoms with van der Waals surface area (Å²) in [5, 5.41) is 2.85. The van der Waals surface area contributed by atoms with Crippen molar-refractivity contribution in [2.24, 2.45) is 5.92 Å². The van der Waals surface area contributed by atoms with Crippen LogP contribution in [0.3, 0.4) is 0 Å². The van der Waals surface area contributed by atoms with Gasteiger partial charge >= 0.3 is 0 Å². The Balaban J connectivity index is 1.20. The summed E-state index contributed by atoms with van der Waals surface area (Å²) < 4.78 is 16.1. The number of hydrogen-bond acceptors (Lipinski definition) is 5. The topological polar surface area (TPSA) is 77.1 Å². The fraction of sp³-hybridized carbons (Fsp3) is 0.529. The van der Waals surface area contributed by atoms with E-state index in [1.807, 2.05) is 4.90 Å². The molecule has 4 rings (SSSR count). The molecule has 0 radical (unpaired) electrons. The Labute approximate surface area is 139 Å². The second kappa shape index (κ2) is 6.22. The minimum absolute atomic E-state index is 0.0687. The first-order valence-corrected chi connectivity index (χ1v) is 8.30. The highest BCUT2D eigenvalue weighted by molar-refractivity contribution is 5.89. The van der Waals surface area contributed by atoms with Gasteiger partial charge in [0.05, 0.1) is 12.5 Å². The van der Waals surface area contributed by atoms with Crippen molar-refractivity contribution in [1.82, 2.24) is 10.2 Å². The third-order valence-corrected chi connectivity index (χ3v) is 4.53. The second-order valence-electron chi connectivity index (χ2n) is 6.33. The van der Waals surface area contributed by atoms with Crippen LogP contribution in [-0.2, 0) is 9.59 Å². The van der Waals surface area contributed by atoms with Crippen molar-refractivity contribution >= 4 is 11.8 Å². The molecule has 0 spiro atoms. The Morgan fingerprint density at radius 2 is 2.12 bits per heavy atom. The molecule has 0 bridgehead atoms. The number of carbonyl (C=O) groups excluding carboxylic acids is 2. The van der Waals surface area contributed by atoms with Gasteiger partial charge in [-0.1, -0.05) is 0 Å². The molecule has 3 aliphatic rings. The van der Waals surface area contributed by atoms with Crippen LogP contribution in [0.5, 0.6) is 17.2 Å². The molecule has 0 aromatic heterocycles. The number of ether oxygens (including phenoxy) is 3. The summed E-state index contributed by atoms with van der Waals surface area (Å²) in [5.74, 6) is 1.85. The van der Waals surface area contributed by atoms with Crippen molar-refractivity contribution in [2.75, 3.05) is 26.5 Å². The van der Waals surface area contributed by atoms with Crippen LogP contribution in [0.15, 0.2) is 18.2 Å². The number of likely N-dealkylation sites (tertiary alicyclic amines) is 1. The lowest BCUT2D eigenvalue weighted by Gasteiger charge is -2.15. The molecular formula is C17H20N2O5. The Bertz CT molecular complexity index is 658. The molecule has 1 aromatic rings. The third kappa shape index (κ3) is 3.11. The van der Waals surface area contributed by atoms with Crippen molar-refractivity contribution in [3.63, 3.8) is 0 Å². The van der Waals surface area contributed by atoms with Crippen LogP contribution in [0.1, 0.15) is 19.3 Å². The molecule has 128 valence electrons. The zero-order chi connectivity index (χ0) is 16.5. The lowest BCUT2D eigenvalue weighted by atomic mass is 10.1. The maximum Gasteiger partial charge on any atom is 0.231 e. The Morgan fingerprint density at radius 3 is 2.96 bits per heavy atom. The Morgan fingerprint density at radius 1 is 1.29 bits per heavy atom. The van der Waals surface area contributed by atoms with Gasteiger partial charge in [0.25, 0.3) is 0 Å². The number of nitrogens with zero attached hydrogens (tertiary/aromatic N) is 1. The highest BCUT2D eigenvalue weighted by atomic mass is 16.7. The standard InChI is InChI=1S/C17H20N2O5/c20-16-7-11(9-19(16)12-1-2-12)17(21)18-5-6-22-13-3-4-14-15(8-13)24-10-23-14/h3-4,8,11-12H,1-2,5-7,9-10H2,(H,18,21). The van der Waals surface area contributed by atoms with Crippen LogP contribution in [0.2, 0.25) is 0 Å². The lowest BCUT2D eigenvalue weighted by molar-refractivity contribution is -0.129. The predicted octanol–water partition coefficient (Wildman–Crippen LogP) is 0.921. The molecule has 7 heteroatoms. The van der Waals surface area contributed by atoms with Crippen molar-refractivity contribution in [2.45, 2.75) is 25.3 Å². The zero-order valence-corrected chi connectivity index (χ0v) is 13.3. The van der Waals surface area contributed by atoms with Gasteiger partial charge in [-0.15, -0.1) is 0 Å². The molecule has 2 amide bonds. The fourth-order valence-electron chi connectivity index (χ4n) is 3.10. The monoisotopic (exact) mass is 332 g/mol. The highest BCUT2D eigenvalue weighted by Crippen LogP contribution is 2.35. The van der Waals surface area contributed by atoms with Gasteiger partial charge in [-0.05, 0) is 25.0 Å². The van der Waals surface area contributed by atoms with Crippen LogP contribution in [0, 0.1) is 5.92 Å². The van der Waals surface area contributed by atoms with Gasteiger partial charge in [0.2, 0.25) is 18.6 Å². The van der Waals surface area contributed by atoms with Crippen molar-refractivity contribution < 1.29 is 23.8 Å². The van der Waals surface area contributed by atoms with Crippen LogP contribution in [0.4, 0.5) is 0 Å². The van der Waals surface area contributed by atoms with Crippen LogP contribution in [-0.4, -0.2) is 49.2 Å². The minimum atomic E-state index is -0.233. The van der Waals surface area contributed by atoms with Gasteiger partial charge in [-0.2, -0.15) is 0 Å². The van der Waals surface area contributed by atoms with Crippen LogP contribution < -0.4 is 19.5 Å². The first-order valence-electron chi connectivity index (χ1n) is 8.30. The molecule has 1 saturated carbocycles. The molecule has 7 nitrogen and oxygen atoms in total. The maximum atomic E-state index is 12.2. The van der Waals surface area contributed by atoms with E-state index in [1.54, 1.807) is 18.2 Å². The second-order valence-corrected chi connectivity index (χ2v) is 6.33. The first-order chi connectivity index (χ1) is 11.7. The summed E-state index contributed by atoms with van der Waals surface area (Å²) in [4.78, 5) is 25.9. The number of fused-ring (bicyclic) bond motifs is 1. The van der Waals surface area contributed by atoms with Gasteiger partial charge in [0.1, 0.15) is 12.4 Å². The van der Waals surface area contributed by atoms with Crippen molar-refractivity contribution in [3.05, 3.63) is 18.2 Å². The fourth-order valence-corrected chi connectivity index (χ4v) is 3.10. The molecule has 1 saturated heterocycles. The molecule has 2 heterocycles. The molecule has 2 aliphatic heterocycles. The SMILES string of the molecule is O=C(NCCOc1ccc2c(c1)OCO2)C1CC(=O)N(C2CC2)C1. The summed E-state index contributed by atoms with van der Waals surface area (Å²) in [6.07, 6.45) is 2.47. The van der Waals surface area contributed by atoms with Gasteiger partial charge in [-0.25, -0.2) is 0 Å². The van der Waals surface area contributed by atoms with Crippen LogP contribution in [0.25, 0.3) is 0 Å². The maximum absolute atomic E-state index is 12.2. The lowest BCUT2D eigenvalue weighted by Crippen LogP contribution is -2.35. The molecule has 1 aliphatic carbocycles. The molecular weight excluding hydrogens is 312 g/mol. The smallest absolute Gasteiger partial charge is 0.231 e. The summed E-state index contributed by atoms with van der Waals surface area (Å²) >= 11 is 0. The average Bonchev–Trinajstić information content (AvgIpc) is 3.18. The molecule has 1 atom stereocenters. The molecule has 1 N–H and O–H groups in total. The molecule has 2 fully saturated rings. The number of hydrogen-bond donors (Lipinski definition) is 1. The van der Waals surface area contributed by atoms with E-state index in [-0.39, 0.29) is 24.5 Å². The highest BCUT2D eigenvalue weighted by Gasteiger charge is 2.41. The number of nitrogens with one attached hydrogen (secondary N) is 1.